The lowest BCUT2D eigenvalue weighted by atomic mass is 10.00. The number of carbonyl (C=O) groups excluding carboxylic acids is 1. The Labute approximate surface area is 63.7 Å². The normalized spacial score (nSPS) is 41.5. The van der Waals surface area contributed by atoms with Gasteiger partial charge in [-0.25, -0.2) is 0 Å². The Morgan fingerprint density at radius 3 is 2.82 bits per heavy atom. The van der Waals surface area contributed by atoms with Gasteiger partial charge in [0.15, 0.2) is 0 Å². The molecule has 0 amide bonds. The summed E-state index contributed by atoms with van der Waals surface area (Å²) in [6.07, 6.45) is 2.29. The Morgan fingerprint density at radius 1 is 1.55 bits per heavy atom. The van der Waals surface area contributed by atoms with Crippen molar-refractivity contribution in [3.63, 3.8) is 0 Å². The minimum atomic E-state index is -0.523. The van der Waals surface area contributed by atoms with E-state index in [1.165, 1.54) is 0 Å². The van der Waals surface area contributed by atoms with Gasteiger partial charge >= 0.3 is 0 Å². The second kappa shape index (κ2) is 2.03. The Bertz CT molecular complexity index is 222. The topological polar surface area (TPSA) is 60.2 Å². The molecule has 2 fully saturated rings. The summed E-state index contributed by atoms with van der Waals surface area (Å²) in [6, 6.07) is -0.523. The van der Waals surface area contributed by atoms with E-state index in [1.54, 1.807) is 0 Å². The van der Waals surface area contributed by atoms with Crippen LogP contribution in [0.5, 0.6) is 0 Å². The first kappa shape index (κ1) is 6.76. The third-order valence-electron chi connectivity index (χ3n) is 2.70. The SMILES string of the molecule is O=C1CCC[C@@H]2[C@H]1[C@H]2[N+](=O)[O-]. The summed E-state index contributed by atoms with van der Waals surface area (Å²) in [4.78, 5) is 21.1. The molecule has 4 nitrogen and oxygen atoms in total. The molecule has 0 radical (unpaired) electrons. The summed E-state index contributed by atoms with van der Waals surface area (Å²) >= 11 is 0. The van der Waals surface area contributed by atoms with E-state index in [0.717, 1.165) is 12.8 Å². The second-order valence-electron chi connectivity index (χ2n) is 3.32. The van der Waals surface area contributed by atoms with Gasteiger partial charge in [0.1, 0.15) is 5.78 Å². The van der Waals surface area contributed by atoms with Crippen molar-refractivity contribution in [3.05, 3.63) is 10.1 Å². The van der Waals surface area contributed by atoms with Crippen LogP contribution in [0, 0.1) is 22.0 Å². The van der Waals surface area contributed by atoms with Gasteiger partial charge in [-0.3, -0.25) is 14.9 Å². The number of rotatable bonds is 1. The second-order valence-corrected chi connectivity index (χ2v) is 3.32. The molecule has 2 aliphatic rings. The lowest BCUT2D eigenvalue weighted by molar-refractivity contribution is -0.500. The quantitative estimate of drug-likeness (QED) is 0.412. The van der Waals surface area contributed by atoms with Crippen LogP contribution in [0.3, 0.4) is 0 Å². The maximum atomic E-state index is 11.0. The van der Waals surface area contributed by atoms with E-state index in [2.05, 4.69) is 0 Å². The van der Waals surface area contributed by atoms with Gasteiger partial charge in [-0.15, -0.1) is 0 Å². The van der Waals surface area contributed by atoms with Gasteiger partial charge in [-0.2, -0.15) is 0 Å². The summed E-state index contributed by atoms with van der Waals surface area (Å²) in [6.45, 7) is 0. The van der Waals surface area contributed by atoms with Crippen molar-refractivity contribution >= 4 is 5.78 Å². The summed E-state index contributed by atoms with van der Waals surface area (Å²) in [5.74, 6) is -0.00653. The van der Waals surface area contributed by atoms with Gasteiger partial charge in [0.05, 0.1) is 5.92 Å². The fourth-order valence-electron chi connectivity index (χ4n) is 2.10. The zero-order chi connectivity index (χ0) is 8.01. The minimum absolute atomic E-state index is 0.0891. The van der Waals surface area contributed by atoms with Crippen LogP contribution >= 0.6 is 0 Å². The highest BCUT2D eigenvalue weighted by Crippen LogP contribution is 2.49. The predicted octanol–water partition coefficient (Wildman–Crippen LogP) is 0.631. The van der Waals surface area contributed by atoms with E-state index in [4.69, 9.17) is 0 Å². The first-order valence-electron chi connectivity index (χ1n) is 3.88. The Morgan fingerprint density at radius 2 is 2.27 bits per heavy atom. The van der Waals surface area contributed by atoms with E-state index in [-0.39, 0.29) is 22.5 Å². The molecule has 0 spiro atoms. The Hall–Kier alpha value is -0.930. The molecule has 11 heavy (non-hydrogen) atoms. The average Bonchev–Trinajstić information content (AvgIpc) is 2.62. The van der Waals surface area contributed by atoms with Crippen LogP contribution in [0.1, 0.15) is 19.3 Å². The highest BCUT2D eigenvalue weighted by Gasteiger charge is 2.64. The Balaban J connectivity index is 2.10. The van der Waals surface area contributed by atoms with E-state index < -0.39 is 6.04 Å². The molecule has 2 aliphatic carbocycles. The van der Waals surface area contributed by atoms with Gasteiger partial charge in [-0.1, -0.05) is 0 Å². The first-order chi connectivity index (χ1) is 5.22. The molecular weight excluding hydrogens is 146 g/mol. The number of carbonyl (C=O) groups is 1. The van der Waals surface area contributed by atoms with Crippen LogP contribution in [0.15, 0.2) is 0 Å². The molecular formula is C7H9NO3. The van der Waals surface area contributed by atoms with Crippen molar-refractivity contribution in [2.45, 2.75) is 25.3 Å². The number of nitro groups is 1. The molecule has 0 aromatic heterocycles. The van der Waals surface area contributed by atoms with Crippen molar-refractivity contribution in [3.8, 4) is 0 Å². The molecule has 60 valence electrons. The number of nitrogens with zero attached hydrogens (tertiary/aromatic N) is 1. The molecule has 0 aromatic rings. The van der Waals surface area contributed by atoms with Gasteiger partial charge in [0.25, 0.3) is 0 Å². The number of hydrogen-bond donors (Lipinski definition) is 0. The molecule has 0 N–H and O–H groups in total. The van der Waals surface area contributed by atoms with Crippen LogP contribution in [0.25, 0.3) is 0 Å². The van der Waals surface area contributed by atoms with Crippen molar-refractivity contribution in [2.24, 2.45) is 11.8 Å². The average molecular weight is 155 g/mol. The zero-order valence-corrected chi connectivity index (χ0v) is 6.03. The predicted molar refractivity (Wildman–Crippen MR) is 36.6 cm³/mol. The smallest absolute Gasteiger partial charge is 0.227 e. The summed E-state index contributed by atoms with van der Waals surface area (Å²) in [5.41, 5.74) is 0. The summed E-state index contributed by atoms with van der Waals surface area (Å²) in [7, 11) is 0. The molecule has 0 heterocycles. The molecule has 4 heteroatoms. The maximum Gasteiger partial charge on any atom is 0.227 e. The number of Topliss-reactive ketones (excluding diaryl/α,β-unsaturated/α-hetero) is 1. The van der Waals surface area contributed by atoms with Gasteiger partial charge in [-0.05, 0) is 12.8 Å². The highest BCUT2D eigenvalue weighted by atomic mass is 16.6. The number of ketones is 1. The molecule has 0 unspecified atom stereocenters. The largest absolute Gasteiger partial charge is 0.299 e. The molecule has 0 aliphatic heterocycles. The van der Waals surface area contributed by atoms with Crippen molar-refractivity contribution in [1.29, 1.82) is 0 Å². The highest BCUT2D eigenvalue weighted by molar-refractivity contribution is 5.85. The number of fused-ring (bicyclic) bond motifs is 1. The zero-order valence-electron chi connectivity index (χ0n) is 6.03. The van der Waals surface area contributed by atoms with E-state index in [1.807, 2.05) is 0 Å². The third kappa shape index (κ3) is 0.852. The van der Waals surface area contributed by atoms with Crippen LogP contribution in [0.4, 0.5) is 0 Å². The molecule has 3 atom stereocenters. The van der Waals surface area contributed by atoms with Crippen molar-refractivity contribution in [1.82, 2.24) is 0 Å². The fourth-order valence-corrected chi connectivity index (χ4v) is 2.10. The van der Waals surface area contributed by atoms with E-state index in [0.29, 0.717) is 6.42 Å². The lowest BCUT2D eigenvalue weighted by Crippen LogP contribution is -2.10. The molecule has 2 rings (SSSR count). The van der Waals surface area contributed by atoms with E-state index in [9.17, 15) is 14.9 Å². The number of hydrogen-bond acceptors (Lipinski definition) is 3. The standard InChI is InChI=1S/C7H9NO3/c9-5-3-1-2-4-6(5)7(4)8(10)11/h4,6-7H,1-3H2/t4-,6-,7+/m1/s1. The molecule has 0 bridgehead atoms. The van der Waals surface area contributed by atoms with E-state index >= 15 is 0 Å². The first-order valence-corrected chi connectivity index (χ1v) is 3.88. The van der Waals surface area contributed by atoms with Gasteiger partial charge in [0, 0.05) is 17.3 Å². The van der Waals surface area contributed by atoms with Crippen LogP contribution in [-0.2, 0) is 4.79 Å². The monoisotopic (exact) mass is 155 g/mol. The summed E-state index contributed by atoms with van der Waals surface area (Å²) in [5, 5.41) is 10.3. The fraction of sp³-hybridized carbons (Fsp3) is 0.857. The van der Waals surface area contributed by atoms with Crippen molar-refractivity contribution in [2.75, 3.05) is 0 Å². The maximum absolute atomic E-state index is 11.0. The third-order valence-corrected chi connectivity index (χ3v) is 2.70. The lowest BCUT2D eigenvalue weighted by Gasteiger charge is -2.02. The Kier molecular flexibility index (Phi) is 1.25. The molecule has 2 saturated carbocycles. The van der Waals surface area contributed by atoms with Crippen LogP contribution in [0.2, 0.25) is 0 Å². The van der Waals surface area contributed by atoms with Gasteiger partial charge in [0.2, 0.25) is 6.04 Å². The molecule has 0 aromatic carbocycles. The summed E-state index contributed by atoms with van der Waals surface area (Å²) < 4.78 is 0. The molecule has 0 saturated heterocycles. The van der Waals surface area contributed by atoms with Gasteiger partial charge < -0.3 is 0 Å². The van der Waals surface area contributed by atoms with Crippen LogP contribution < -0.4 is 0 Å². The van der Waals surface area contributed by atoms with Crippen molar-refractivity contribution < 1.29 is 9.72 Å². The van der Waals surface area contributed by atoms with Crippen LogP contribution in [-0.4, -0.2) is 16.7 Å². The minimum Gasteiger partial charge on any atom is -0.299 e.